The Kier molecular flexibility index (Phi) is 1.96. The Balaban J connectivity index is 3.21. The van der Waals surface area contributed by atoms with Gasteiger partial charge in [-0.2, -0.15) is 0 Å². The highest BCUT2D eigenvalue weighted by Gasteiger charge is 2.02. The van der Waals surface area contributed by atoms with Gasteiger partial charge in [-0.25, -0.2) is 4.39 Å². The van der Waals surface area contributed by atoms with E-state index in [0.717, 1.165) is 0 Å². The molecule has 0 aliphatic rings. The normalized spacial score (nSPS) is 9.73. The maximum absolute atomic E-state index is 12.8. The second-order valence-electron chi connectivity index (χ2n) is 2.33. The molecule has 0 aliphatic carbocycles. The maximum atomic E-state index is 12.8. The molecule has 0 unspecified atom stereocenters. The fraction of sp³-hybridized carbons (Fsp3) is 0.143. The molecular formula is C7H10FN3. The molecule has 1 aromatic rings. The molecular weight excluding hydrogens is 145 g/mol. The van der Waals surface area contributed by atoms with Crippen LogP contribution in [0.4, 0.5) is 15.8 Å². The van der Waals surface area contributed by atoms with E-state index in [1.807, 2.05) is 0 Å². The first-order valence-corrected chi connectivity index (χ1v) is 3.17. The molecule has 0 spiro atoms. The Labute approximate surface area is 64.2 Å². The van der Waals surface area contributed by atoms with E-state index < -0.39 is 0 Å². The standard InChI is InChI=1S/C7H10FN3/c1-4-2-6(9)7(11-10)3-5(4)8/h2-3,11H,9-10H2,1H3. The van der Waals surface area contributed by atoms with Crippen LogP contribution in [-0.2, 0) is 0 Å². The number of hydrogen-bond acceptors (Lipinski definition) is 3. The smallest absolute Gasteiger partial charge is 0.128 e. The van der Waals surface area contributed by atoms with Crippen LogP contribution in [0, 0.1) is 12.7 Å². The summed E-state index contributed by atoms with van der Waals surface area (Å²) in [5.41, 5.74) is 9.17. The van der Waals surface area contributed by atoms with Crippen molar-refractivity contribution in [3.05, 3.63) is 23.5 Å². The quantitative estimate of drug-likeness (QED) is 0.322. The third kappa shape index (κ3) is 1.40. The molecule has 0 saturated carbocycles. The van der Waals surface area contributed by atoms with E-state index in [-0.39, 0.29) is 5.82 Å². The van der Waals surface area contributed by atoms with Gasteiger partial charge in [-0.3, -0.25) is 5.84 Å². The zero-order valence-corrected chi connectivity index (χ0v) is 6.19. The first kappa shape index (κ1) is 7.81. The fourth-order valence-electron chi connectivity index (χ4n) is 0.829. The molecule has 1 rings (SSSR count). The lowest BCUT2D eigenvalue weighted by atomic mass is 10.2. The van der Waals surface area contributed by atoms with E-state index >= 15 is 0 Å². The van der Waals surface area contributed by atoms with Crippen LogP contribution in [0.25, 0.3) is 0 Å². The third-order valence-corrected chi connectivity index (χ3v) is 1.49. The van der Waals surface area contributed by atoms with Crippen molar-refractivity contribution in [1.29, 1.82) is 0 Å². The molecule has 3 nitrogen and oxygen atoms in total. The predicted octanol–water partition coefficient (Wildman–Crippen LogP) is 1.00. The number of nitrogen functional groups attached to an aromatic ring is 2. The van der Waals surface area contributed by atoms with Crippen molar-refractivity contribution in [3.63, 3.8) is 0 Å². The van der Waals surface area contributed by atoms with E-state index in [2.05, 4.69) is 5.43 Å². The molecule has 0 aromatic heterocycles. The van der Waals surface area contributed by atoms with Crippen molar-refractivity contribution in [2.45, 2.75) is 6.92 Å². The number of benzene rings is 1. The third-order valence-electron chi connectivity index (χ3n) is 1.49. The summed E-state index contributed by atoms with van der Waals surface area (Å²) in [6, 6.07) is 2.80. The van der Waals surface area contributed by atoms with Crippen LogP contribution in [0.15, 0.2) is 12.1 Å². The first-order chi connectivity index (χ1) is 5.15. The van der Waals surface area contributed by atoms with Crippen LogP contribution in [0.5, 0.6) is 0 Å². The predicted molar refractivity (Wildman–Crippen MR) is 43.4 cm³/mol. The lowest BCUT2D eigenvalue weighted by Gasteiger charge is -2.05. The monoisotopic (exact) mass is 155 g/mol. The van der Waals surface area contributed by atoms with Gasteiger partial charge in [-0.15, -0.1) is 0 Å². The van der Waals surface area contributed by atoms with Crippen molar-refractivity contribution in [2.24, 2.45) is 5.84 Å². The molecule has 0 aliphatic heterocycles. The maximum Gasteiger partial charge on any atom is 0.128 e. The van der Waals surface area contributed by atoms with Crippen LogP contribution >= 0.6 is 0 Å². The number of nitrogens with two attached hydrogens (primary N) is 2. The van der Waals surface area contributed by atoms with Gasteiger partial charge in [-0.1, -0.05) is 0 Å². The highest BCUT2D eigenvalue weighted by atomic mass is 19.1. The molecule has 5 N–H and O–H groups in total. The summed E-state index contributed by atoms with van der Waals surface area (Å²) >= 11 is 0. The lowest BCUT2D eigenvalue weighted by Crippen LogP contribution is -2.09. The van der Waals surface area contributed by atoms with Gasteiger partial charge in [0.15, 0.2) is 0 Å². The molecule has 0 fully saturated rings. The number of halogens is 1. The average Bonchev–Trinajstić information content (AvgIpc) is 1.97. The van der Waals surface area contributed by atoms with Crippen molar-refractivity contribution in [2.75, 3.05) is 11.2 Å². The van der Waals surface area contributed by atoms with E-state index in [0.29, 0.717) is 16.9 Å². The second kappa shape index (κ2) is 2.75. The zero-order valence-electron chi connectivity index (χ0n) is 6.19. The van der Waals surface area contributed by atoms with Crippen molar-refractivity contribution in [1.82, 2.24) is 0 Å². The van der Waals surface area contributed by atoms with Gasteiger partial charge in [0, 0.05) is 6.07 Å². The minimum Gasteiger partial charge on any atom is -0.397 e. The second-order valence-corrected chi connectivity index (χ2v) is 2.33. The Morgan fingerprint density at radius 3 is 2.64 bits per heavy atom. The van der Waals surface area contributed by atoms with E-state index in [1.165, 1.54) is 12.1 Å². The first-order valence-electron chi connectivity index (χ1n) is 3.17. The number of aryl methyl sites for hydroxylation is 1. The van der Waals surface area contributed by atoms with Gasteiger partial charge in [0.05, 0.1) is 11.4 Å². The molecule has 1 aromatic carbocycles. The van der Waals surface area contributed by atoms with Gasteiger partial charge < -0.3 is 11.2 Å². The number of anilines is 2. The van der Waals surface area contributed by atoms with E-state index in [9.17, 15) is 4.39 Å². The summed E-state index contributed by atoms with van der Waals surface area (Å²) in [5, 5.41) is 0. The SMILES string of the molecule is Cc1cc(N)c(NN)cc1F. The molecule has 0 heterocycles. The van der Waals surface area contributed by atoms with E-state index in [4.69, 9.17) is 11.6 Å². The summed E-state index contributed by atoms with van der Waals surface area (Å²) in [5.74, 6) is 4.76. The summed E-state index contributed by atoms with van der Waals surface area (Å²) in [4.78, 5) is 0. The molecule has 60 valence electrons. The Bertz CT molecular complexity index is 273. The molecule has 0 atom stereocenters. The van der Waals surface area contributed by atoms with Crippen LogP contribution in [0.1, 0.15) is 5.56 Å². The summed E-state index contributed by atoms with van der Waals surface area (Å²) in [6.07, 6.45) is 0. The van der Waals surface area contributed by atoms with Gasteiger partial charge in [0.1, 0.15) is 5.82 Å². The Hall–Kier alpha value is -1.29. The molecule has 4 heteroatoms. The van der Waals surface area contributed by atoms with Crippen molar-refractivity contribution >= 4 is 11.4 Å². The number of hydrazine groups is 1. The highest BCUT2D eigenvalue weighted by Crippen LogP contribution is 2.20. The fourth-order valence-corrected chi connectivity index (χ4v) is 0.829. The van der Waals surface area contributed by atoms with Crippen LogP contribution in [0.2, 0.25) is 0 Å². The van der Waals surface area contributed by atoms with E-state index in [1.54, 1.807) is 6.92 Å². The topological polar surface area (TPSA) is 64.1 Å². The van der Waals surface area contributed by atoms with Gasteiger partial charge >= 0.3 is 0 Å². The Morgan fingerprint density at radius 1 is 1.45 bits per heavy atom. The minimum absolute atomic E-state index is 0.313. The van der Waals surface area contributed by atoms with Crippen LogP contribution < -0.4 is 17.0 Å². The van der Waals surface area contributed by atoms with Crippen LogP contribution in [0.3, 0.4) is 0 Å². The lowest BCUT2D eigenvalue weighted by molar-refractivity contribution is 0.619. The average molecular weight is 155 g/mol. The van der Waals surface area contributed by atoms with Gasteiger partial charge in [-0.05, 0) is 18.6 Å². The molecule has 0 radical (unpaired) electrons. The Morgan fingerprint density at radius 2 is 2.09 bits per heavy atom. The van der Waals surface area contributed by atoms with Gasteiger partial charge in [0.25, 0.3) is 0 Å². The molecule has 0 bridgehead atoms. The number of rotatable bonds is 1. The number of nitrogens with one attached hydrogen (secondary N) is 1. The van der Waals surface area contributed by atoms with Crippen molar-refractivity contribution < 1.29 is 4.39 Å². The highest BCUT2D eigenvalue weighted by molar-refractivity contribution is 5.66. The molecule has 11 heavy (non-hydrogen) atoms. The molecule has 0 saturated heterocycles. The van der Waals surface area contributed by atoms with Crippen LogP contribution in [-0.4, -0.2) is 0 Å². The zero-order chi connectivity index (χ0) is 8.43. The van der Waals surface area contributed by atoms with Gasteiger partial charge in [0.2, 0.25) is 0 Å². The number of hydrogen-bond donors (Lipinski definition) is 3. The summed E-state index contributed by atoms with van der Waals surface area (Å²) in [6.45, 7) is 1.64. The summed E-state index contributed by atoms with van der Waals surface area (Å²) in [7, 11) is 0. The minimum atomic E-state index is -0.313. The summed E-state index contributed by atoms with van der Waals surface area (Å²) < 4.78 is 12.8. The molecule has 0 amide bonds. The van der Waals surface area contributed by atoms with Crippen molar-refractivity contribution in [3.8, 4) is 0 Å². The largest absolute Gasteiger partial charge is 0.397 e.